The van der Waals surface area contributed by atoms with Crippen LogP contribution in [0.25, 0.3) is 10.4 Å². The second-order valence-corrected chi connectivity index (χ2v) is 13.1. The van der Waals surface area contributed by atoms with E-state index in [1.807, 2.05) is 13.0 Å². The predicted molar refractivity (Wildman–Crippen MR) is 159 cm³/mol. The normalized spacial score (nSPS) is 19.5. The summed E-state index contributed by atoms with van der Waals surface area (Å²) in [6.07, 6.45) is -0.233. The van der Waals surface area contributed by atoms with Gasteiger partial charge in [0.25, 0.3) is 11.8 Å². The number of halogens is 1. The average molecular weight is 632 g/mol. The summed E-state index contributed by atoms with van der Waals surface area (Å²) in [5, 5.41) is 18.2. The predicted octanol–water partition coefficient (Wildman–Crippen LogP) is 1.42. The Morgan fingerprint density at radius 1 is 1.25 bits per heavy atom. The largest absolute Gasteiger partial charge is 0.483 e. The highest BCUT2D eigenvalue weighted by atomic mass is 32.1. The van der Waals surface area contributed by atoms with Gasteiger partial charge in [-0.1, -0.05) is 32.9 Å². The van der Waals surface area contributed by atoms with E-state index in [-0.39, 0.29) is 45.5 Å². The second kappa shape index (κ2) is 13.4. The molecule has 14 heteroatoms. The van der Waals surface area contributed by atoms with Crippen molar-refractivity contribution in [1.29, 1.82) is 0 Å². The molecule has 0 radical (unpaired) electrons. The van der Waals surface area contributed by atoms with E-state index >= 15 is 0 Å². The van der Waals surface area contributed by atoms with Crippen LogP contribution in [0.2, 0.25) is 0 Å². The molecule has 1 aromatic carbocycles. The molecule has 1 aliphatic heterocycles. The molecule has 1 aromatic heterocycles. The molecule has 2 aromatic rings. The molecule has 2 heterocycles. The summed E-state index contributed by atoms with van der Waals surface area (Å²) in [7, 11) is 0. The van der Waals surface area contributed by atoms with Crippen molar-refractivity contribution in [2.24, 2.45) is 5.41 Å². The third kappa shape index (κ3) is 7.78. The SMILES string of the molecule is Cc1ncsc1-c1ccc(CNC(=O)[C@@H]2C[C@@H](O)CN2C(=O)[C@@H](NC(=O)C2(F)CC2)C(C)(C)C)c(OCC(=O)NCC=O)c1. The van der Waals surface area contributed by atoms with Crippen LogP contribution < -0.4 is 20.7 Å². The lowest BCUT2D eigenvalue weighted by Gasteiger charge is -2.35. The van der Waals surface area contributed by atoms with Crippen LogP contribution in [0.1, 0.15) is 51.3 Å². The summed E-state index contributed by atoms with van der Waals surface area (Å²) in [6, 6.07) is 3.17. The number of aldehydes is 1. The first-order valence-electron chi connectivity index (χ1n) is 14.4. The summed E-state index contributed by atoms with van der Waals surface area (Å²) < 4.78 is 20.2. The van der Waals surface area contributed by atoms with Crippen molar-refractivity contribution in [3.63, 3.8) is 0 Å². The molecule has 4 rings (SSSR count). The summed E-state index contributed by atoms with van der Waals surface area (Å²) >= 11 is 1.44. The minimum atomic E-state index is -1.98. The van der Waals surface area contributed by atoms with E-state index in [1.165, 1.54) is 16.2 Å². The zero-order valence-electron chi connectivity index (χ0n) is 25.1. The summed E-state index contributed by atoms with van der Waals surface area (Å²) in [5.74, 6) is -2.14. The standard InChI is InChI=1S/C30H38FN5O7S/c1-17-24(44-16-34-17)18-5-6-19(22(11-18)43-15-23(39)32-9-10-37)13-33-26(40)21-12-20(38)14-36(21)27(41)25(29(2,3)4)35-28(42)30(31)7-8-30/h5-6,10-11,16,20-21,25,38H,7-9,12-15H2,1-4H3,(H,32,39)(H,33,40)(H,35,42)/t20-,21+,25-/m1/s1. The van der Waals surface area contributed by atoms with E-state index in [4.69, 9.17) is 4.74 Å². The van der Waals surface area contributed by atoms with Gasteiger partial charge in [0.1, 0.15) is 24.1 Å². The van der Waals surface area contributed by atoms with Crippen molar-refractivity contribution in [2.75, 3.05) is 19.7 Å². The molecule has 12 nitrogen and oxygen atoms in total. The Morgan fingerprint density at radius 3 is 2.59 bits per heavy atom. The number of ether oxygens (including phenoxy) is 1. The third-order valence-electron chi connectivity index (χ3n) is 7.62. The smallest absolute Gasteiger partial charge is 0.258 e. The Labute approximate surface area is 258 Å². The van der Waals surface area contributed by atoms with Gasteiger partial charge in [-0.05, 0) is 36.8 Å². The lowest BCUT2D eigenvalue weighted by Crippen LogP contribution is -2.59. The third-order valence-corrected chi connectivity index (χ3v) is 8.60. The van der Waals surface area contributed by atoms with Gasteiger partial charge in [0, 0.05) is 25.1 Å². The van der Waals surface area contributed by atoms with E-state index in [0.717, 1.165) is 16.1 Å². The van der Waals surface area contributed by atoms with E-state index in [1.54, 1.807) is 38.4 Å². The number of aromatic nitrogens is 1. The Kier molecular flexibility index (Phi) is 10.0. The number of amides is 4. The van der Waals surface area contributed by atoms with E-state index < -0.39 is 52.9 Å². The lowest BCUT2D eigenvalue weighted by molar-refractivity contribution is -0.145. The Balaban J connectivity index is 1.50. The zero-order valence-corrected chi connectivity index (χ0v) is 26.0. The molecule has 2 fully saturated rings. The Hall–Kier alpha value is -3.91. The number of nitrogens with one attached hydrogen (secondary N) is 3. The number of aliphatic hydroxyl groups excluding tert-OH is 1. The summed E-state index contributed by atoms with van der Waals surface area (Å²) in [6.45, 7) is 6.40. The molecule has 2 aliphatic rings. The van der Waals surface area contributed by atoms with Gasteiger partial charge >= 0.3 is 0 Å². The van der Waals surface area contributed by atoms with Crippen LogP contribution in [0.15, 0.2) is 23.7 Å². The zero-order chi connectivity index (χ0) is 32.2. The van der Waals surface area contributed by atoms with Crippen LogP contribution >= 0.6 is 11.3 Å². The number of thiazole rings is 1. The van der Waals surface area contributed by atoms with Gasteiger partial charge in [-0.25, -0.2) is 9.37 Å². The number of hydrogen-bond donors (Lipinski definition) is 4. The van der Waals surface area contributed by atoms with Crippen molar-refractivity contribution in [3.8, 4) is 16.2 Å². The molecule has 1 aliphatic carbocycles. The van der Waals surface area contributed by atoms with Gasteiger partial charge < -0.3 is 35.5 Å². The first kappa shape index (κ1) is 33.0. The summed E-state index contributed by atoms with van der Waals surface area (Å²) in [5.41, 5.74) is 1.10. The summed E-state index contributed by atoms with van der Waals surface area (Å²) in [4.78, 5) is 68.7. The molecular formula is C30H38FN5O7S. The fourth-order valence-corrected chi connectivity index (χ4v) is 5.73. The maximum absolute atomic E-state index is 14.4. The highest BCUT2D eigenvalue weighted by molar-refractivity contribution is 7.13. The van der Waals surface area contributed by atoms with Gasteiger partial charge in [-0.2, -0.15) is 0 Å². The minimum absolute atomic E-state index is 0.0146. The highest BCUT2D eigenvalue weighted by Gasteiger charge is 2.53. The number of nitrogens with zero attached hydrogens (tertiary/aromatic N) is 2. The number of hydrogen-bond acceptors (Lipinski definition) is 9. The monoisotopic (exact) mass is 631 g/mol. The number of likely N-dealkylation sites (tertiary alicyclic amines) is 1. The molecule has 0 bridgehead atoms. The maximum atomic E-state index is 14.4. The first-order valence-corrected chi connectivity index (χ1v) is 15.2. The Morgan fingerprint density at radius 2 is 1.98 bits per heavy atom. The second-order valence-electron chi connectivity index (χ2n) is 12.2. The van der Waals surface area contributed by atoms with Gasteiger partial charge in [0.2, 0.25) is 11.8 Å². The quantitative estimate of drug-likeness (QED) is 0.255. The molecule has 3 atom stereocenters. The molecule has 1 saturated heterocycles. The molecule has 1 saturated carbocycles. The number of alkyl halides is 1. The van der Waals surface area contributed by atoms with Crippen molar-refractivity contribution in [1.82, 2.24) is 25.8 Å². The number of β-amino-alcohol motifs (C(OH)–C–C–N with tert-alkyl or cyclic N) is 1. The molecule has 4 N–H and O–H groups in total. The topological polar surface area (TPSA) is 167 Å². The van der Waals surface area contributed by atoms with Crippen LogP contribution in [-0.4, -0.2) is 88.5 Å². The van der Waals surface area contributed by atoms with Crippen molar-refractivity contribution in [3.05, 3.63) is 35.0 Å². The number of aliphatic hydroxyl groups is 1. The van der Waals surface area contributed by atoms with Crippen LogP contribution in [-0.2, 0) is 30.5 Å². The van der Waals surface area contributed by atoms with Crippen molar-refractivity contribution >= 4 is 41.3 Å². The number of benzene rings is 1. The van der Waals surface area contributed by atoms with E-state index in [2.05, 4.69) is 20.9 Å². The average Bonchev–Trinajstić information content (AvgIpc) is 3.38. The van der Waals surface area contributed by atoms with Crippen LogP contribution in [0, 0.1) is 12.3 Å². The lowest BCUT2D eigenvalue weighted by atomic mass is 9.85. The molecule has 0 unspecified atom stereocenters. The van der Waals surface area contributed by atoms with Gasteiger partial charge in [0.05, 0.1) is 28.7 Å². The molecular weight excluding hydrogens is 593 g/mol. The minimum Gasteiger partial charge on any atom is -0.483 e. The maximum Gasteiger partial charge on any atom is 0.258 e. The molecule has 238 valence electrons. The number of aryl methyl sites for hydroxylation is 1. The van der Waals surface area contributed by atoms with Crippen LogP contribution in [0.5, 0.6) is 5.75 Å². The van der Waals surface area contributed by atoms with Crippen LogP contribution in [0.4, 0.5) is 4.39 Å². The number of carbonyl (C=O) groups excluding carboxylic acids is 5. The first-order chi connectivity index (χ1) is 20.7. The fraction of sp³-hybridized carbons (Fsp3) is 0.533. The number of carbonyl (C=O) groups is 5. The van der Waals surface area contributed by atoms with Gasteiger partial charge in [-0.3, -0.25) is 19.2 Å². The Bertz CT molecular complexity index is 1420. The molecule has 44 heavy (non-hydrogen) atoms. The highest BCUT2D eigenvalue weighted by Crippen LogP contribution is 2.40. The van der Waals surface area contributed by atoms with Crippen LogP contribution in [0.3, 0.4) is 0 Å². The van der Waals surface area contributed by atoms with E-state index in [0.29, 0.717) is 17.6 Å². The molecule has 0 spiro atoms. The van der Waals surface area contributed by atoms with Gasteiger partial charge in [0.15, 0.2) is 12.3 Å². The number of rotatable bonds is 12. The fourth-order valence-electron chi connectivity index (χ4n) is 4.92. The van der Waals surface area contributed by atoms with Crippen molar-refractivity contribution in [2.45, 2.75) is 77.4 Å². The molecule has 4 amide bonds. The van der Waals surface area contributed by atoms with Crippen molar-refractivity contribution < 1.29 is 38.2 Å². The van der Waals surface area contributed by atoms with E-state index in [9.17, 15) is 33.5 Å². The van der Waals surface area contributed by atoms with Gasteiger partial charge in [-0.15, -0.1) is 11.3 Å².